The van der Waals surface area contributed by atoms with Crippen LogP contribution in [0.4, 0.5) is 0 Å². The van der Waals surface area contributed by atoms with Crippen molar-refractivity contribution >= 4 is 29.1 Å². The van der Waals surface area contributed by atoms with E-state index in [9.17, 15) is 19.2 Å². The third-order valence-electron chi connectivity index (χ3n) is 4.99. The van der Waals surface area contributed by atoms with Gasteiger partial charge in [-0.3, -0.25) is 19.0 Å². The van der Waals surface area contributed by atoms with Gasteiger partial charge in [-0.15, -0.1) is 0 Å². The molecule has 4 atom stereocenters. The van der Waals surface area contributed by atoms with Crippen LogP contribution in [0.15, 0.2) is 41.7 Å². The van der Waals surface area contributed by atoms with E-state index in [1.807, 2.05) is 6.07 Å². The van der Waals surface area contributed by atoms with Crippen LogP contribution in [0.2, 0.25) is 0 Å². The number of carbonyl (C=O) groups excluding carboxylic acids is 3. The number of carbonyl (C=O) groups is 3. The number of imidazole rings is 1. The Morgan fingerprint density at radius 1 is 1.06 bits per heavy atom. The Morgan fingerprint density at radius 2 is 1.74 bits per heavy atom. The largest absolute Gasteiger partial charge is 0.463 e. The fourth-order valence-electron chi connectivity index (χ4n) is 3.68. The van der Waals surface area contributed by atoms with Gasteiger partial charge in [0.15, 0.2) is 18.4 Å². The number of aromatic amines is 1. The summed E-state index contributed by atoms with van der Waals surface area (Å²) in [6, 6.07) is 5.34. The lowest BCUT2D eigenvalue weighted by molar-refractivity contribution is -0.603. The van der Waals surface area contributed by atoms with E-state index in [0.29, 0.717) is 0 Å². The van der Waals surface area contributed by atoms with Crippen molar-refractivity contribution in [3.8, 4) is 5.95 Å². The molecule has 1 aliphatic rings. The predicted octanol–water partition coefficient (Wildman–Crippen LogP) is -0.280. The molecule has 1 fully saturated rings. The minimum absolute atomic E-state index is 0.0259. The Bertz CT molecular complexity index is 1290. The van der Waals surface area contributed by atoms with E-state index in [1.165, 1.54) is 31.7 Å². The predicted molar refractivity (Wildman–Crippen MR) is 111 cm³/mol. The van der Waals surface area contributed by atoms with Crippen molar-refractivity contribution in [3.63, 3.8) is 0 Å². The summed E-state index contributed by atoms with van der Waals surface area (Å²) in [6.45, 7) is 3.35. The Labute approximate surface area is 192 Å². The quantitative estimate of drug-likeness (QED) is 0.288. The summed E-state index contributed by atoms with van der Waals surface area (Å²) in [5.41, 5.74) is -0.324. The molecule has 1 saturated heterocycles. The Hall–Kier alpha value is -4.13. The van der Waals surface area contributed by atoms with E-state index in [2.05, 4.69) is 15.0 Å². The number of rotatable bonds is 6. The minimum Gasteiger partial charge on any atom is -0.463 e. The molecule has 0 aliphatic carbocycles. The summed E-state index contributed by atoms with van der Waals surface area (Å²) in [4.78, 5) is 58.9. The van der Waals surface area contributed by atoms with Crippen LogP contribution in [0.5, 0.6) is 0 Å². The van der Waals surface area contributed by atoms with E-state index in [4.69, 9.17) is 18.9 Å². The molecule has 1 aliphatic heterocycles. The van der Waals surface area contributed by atoms with Gasteiger partial charge in [-0.25, -0.2) is 19.3 Å². The van der Waals surface area contributed by atoms with Crippen LogP contribution >= 0.6 is 0 Å². The molecule has 0 saturated carbocycles. The first-order chi connectivity index (χ1) is 16.2. The molecule has 3 aromatic rings. The molecular weight excluding hydrogens is 450 g/mol. The molecule has 0 unspecified atom stereocenters. The zero-order valence-corrected chi connectivity index (χ0v) is 18.5. The van der Waals surface area contributed by atoms with Crippen LogP contribution in [-0.2, 0) is 33.3 Å². The van der Waals surface area contributed by atoms with Gasteiger partial charge in [0, 0.05) is 20.8 Å². The van der Waals surface area contributed by atoms with Crippen LogP contribution < -0.4 is 10.1 Å². The van der Waals surface area contributed by atoms with Gasteiger partial charge in [0.1, 0.15) is 19.0 Å². The molecule has 1 N–H and O–H groups in total. The van der Waals surface area contributed by atoms with E-state index in [0.717, 1.165) is 0 Å². The van der Waals surface area contributed by atoms with Gasteiger partial charge < -0.3 is 18.9 Å². The summed E-state index contributed by atoms with van der Waals surface area (Å²) in [5, 5.41) is 0. The van der Waals surface area contributed by atoms with E-state index < -0.39 is 48.0 Å². The van der Waals surface area contributed by atoms with E-state index in [1.54, 1.807) is 29.1 Å². The van der Waals surface area contributed by atoms with Crippen LogP contribution in [0.3, 0.4) is 0 Å². The summed E-state index contributed by atoms with van der Waals surface area (Å²) in [7, 11) is 0. The van der Waals surface area contributed by atoms with E-state index in [-0.39, 0.29) is 23.7 Å². The summed E-state index contributed by atoms with van der Waals surface area (Å²) < 4.78 is 24.9. The number of nitrogens with one attached hydrogen (secondary N) is 1. The number of hydrogen-bond acceptors (Lipinski definition) is 10. The van der Waals surface area contributed by atoms with Gasteiger partial charge in [-0.05, 0) is 17.1 Å². The van der Waals surface area contributed by atoms with Crippen LogP contribution in [0.1, 0.15) is 27.0 Å². The second-order valence-corrected chi connectivity index (χ2v) is 7.51. The number of nitrogens with zero attached hydrogens (tertiary/aromatic N) is 4. The molecule has 178 valence electrons. The molecular formula is C21H22N5O8+. The van der Waals surface area contributed by atoms with Crippen molar-refractivity contribution in [1.29, 1.82) is 0 Å². The number of pyridine rings is 1. The molecule has 4 heterocycles. The Balaban J connectivity index is 1.80. The second-order valence-electron chi connectivity index (χ2n) is 7.51. The first kappa shape index (κ1) is 23.0. The standard InChI is InChI=1S/C21H21N5O8/c1-11(27)31-9-14-16(32-12(2)28)17(33-13(3)29)20(34-14)26-10-22-15-18(26)23-21(24-19(15)30)25-7-5-4-6-8-25/h4-8,10,14,16-17,20H,9H2,1-3H3/p+1/t14-,16-,17-,20-/m1/s1. The van der Waals surface area contributed by atoms with Crippen molar-refractivity contribution in [2.24, 2.45) is 0 Å². The van der Waals surface area contributed by atoms with Gasteiger partial charge in [0.05, 0.1) is 12.4 Å². The number of esters is 3. The van der Waals surface area contributed by atoms with Gasteiger partial charge in [-0.1, -0.05) is 6.07 Å². The molecule has 34 heavy (non-hydrogen) atoms. The lowest BCUT2D eigenvalue weighted by atomic mass is 10.1. The van der Waals surface area contributed by atoms with Gasteiger partial charge in [0.25, 0.3) is 0 Å². The summed E-state index contributed by atoms with van der Waals surface area (Å²) in [6.07, 6.45) is 0.453. The molecule has 0 radical (unpaired) electrons. The van der Waals surface area contributed by atoms with Crippen molar-refractivity contribution in [2.75, 3.05) is 6.61 Å². The maximum Gasteiger partial charge on any atom is 0.405 e. The highest BCUT2D eigenvalue weighted by molar-refractivity contribution is 5.70. The zero-order valence-electron chi connectivity index (χ0n) is 18.5. The maximum atomic E-state index is 12.7. The fourth-order valence-corrected chi connectivity index (χ4v) is 3.68. The van der Waals surface area contributed by atoms with Crippen molar-refractivity contribution in [1.82, 2.24) is 19.5 Å². The lowest BCUT2D eigenvalue weighted by Crippen LogP contribution is -2.40. The molecule has 3 aromatic heterocycles. The molecule has 4 rings (SSSR count). The van der Waals surface area contributed by atoms with Crippen molar-refractivity contribution in [2.45, 2.75) is 45.3 Å². The van der Waals surface area contributed by atoms with E-state index >= 15 is 0 Å². The fraction of sp³-hybridized carbons (Fsp3) is 0.381. The monoisotopic (exact) mass is 472 g/mol. The highest BCUT2D eigenvalue weighted by Crippen LogP contribution is 2.35. The number of fused-ring (bicyclic) bond motifs is 1. The number of H-pyrrole nitrogens is 1. The normalized spacial score (nSPS) is 21.9. The van der Waals surface area contributed by atoms with Crippen LogP contribution in [-0.4, -0.2) is 62.3 Å². The first-order valence-electron chi connectivity index (χ1n) is 10.3. The number of aromatic nitrogens is 5. The molecule has 13 heteroatoms. The topological polar surface area (TPSA) is 156 Å². The van der Waals surface area contributed by atoms with Crippen LogP contribution in [0.25, 0.3) is 17.1 Å². The maximum absolute atomic E-state index is 12.7. The minimum atomic E-state index is -1.13. The average molecular weight is 472 g/mol. The molecule has 0 aromatic carbocycles. The Morgan fingerprint density at radius 3 is 2.38 bits per heavy atom. The molecule has 0 bridgehead atoms. The third kappa shape index (κ3) is 4.64. The second kappa shape index (κ2) is 9.39. The Kier molecular flexibility index (Phi) is 6.36. The van der Waals surface area contributed by atoms with Gasteiger partial charge in [0.2, 0.25) is 11.2 Å². The van der Waals surface area contributed by atoms with Gasteiger partial charge >= 0.3 is 29.4 Å². The SMILES string of the molecule is CC(=O)OC[C@H]1O[C@@H](n2cnc3c(=O)[nH]c(-[n+]4ccccc4)nc32)[C@H](OC(C)=O)[C@@H]1OC(C)=O. The summed E-state index contributed by atoms with van der Waals surface area (Å²) in [5.74, 6) is -1.65. The highest BCUT2D eigenvalue weighted by Gasteiger charge is 2.51. The zero-order chi connectivity index (χ0) is 24.4. The number of hydrogen-bond donors (Lipinski definition) is 1. The first-order valence-corrected chi connectivity index (χ1v) is 10.3. The van der Waals surface area contributed by atoms with Crippen molar-refractivity contribution < 1.29 is 37.9 Å². The summed E-state index contributed by atoms with van der Waals surface area (Å²) >= 11 is 0. The molecule has 0 amide bonds. The molecule has 0 spiro atoms. The van der Waals surface area contributed by atoms with Crippen LogP contribution in [0, 0.1) is 0 Å². The molecule has 13 nitrogen and oxygen atoms in total. The van der Waals surface area contributed by atoms with Gasteiger partial charge in [-0.2, -0.15) is 0 Å². The lowest BCUT2D eigenvalue weighted by Gasteiger charge is -2.23. The van der Waals surface area contributed by atoms with Crippen molar-refractivity contribution in [3.05, 3.63) is 47.3 Å². The highest BCUT2D eigenvalue weighted by atomic mass is 16.7. The average Bonchev–Trinajstić information content (AvgIpc) is 3.34. The number of ether oxygens (including phenoxy) is 4. The third-order valence-corrected chi connectivity index (χ3v) is 4.99. The smallest absolute Gasteiger partial charge is 0.405 e.